The van der Waals surface area contributed by atoms with E-state index in [-0.39, 0.29) is 11.9 Å². The fourth-order valence-electron chi connectivity index (χ4n) is 2.86. The maximum Gasteiger partial charge on any atom is 0.221 e. The van der Waals surface area contributed by atoms with Gasteiger partial charge in [-0.05, 0) is 25.2 Å². The Labute approximate surface area is 90.0 Å². The van der Waals surface area contributed by atoms with Crippen LogP contribution in [0.1, 0.15) is 32.1 Å². The van der Waals surface area contributed by atoms with Crippen LogP contribution in [-0.2, 0) is 0 Å². The highest BCUT2D eigenvalue weighted by atomic mass is 15.3. The summed E-state index contributed by atoms with van der Waals surface area (Å²) in [7, 11) is 0. The molecule has 5 heteroatoms. The van der Waals surface area contributed by atoms with Gasteiger partial charge in [0.15, 0.2) is 5.96 Å². The molecule has 1 saturated carbocycles. The first-order valence-corrected chi connectivity index (χ1v) is 5.63. The van der Waals surface area contributed by atoms with Crippen LogP contribution in [-0.4, -0.2) is 29.4 Å². The number of fused-ring (bicyclic) bond motifs is 1. The molecule has 0 aromatic heterocycles. The largest absolute Gasteiger partial charge is 0.370 e. The van der Waals surface area contributed by atoms with Crippen molar-refractivity contribution in [3.63, 3.8) is 0 Å². The summed E-state index contributed by atoms with van der Waals surface area (Å²) in [5, 5.41) is 7.82. The number of likely N-dealkylation sites (tertiary alicyclic amines) is 1. The lowest BCUT2D eigenvalue weighted by Crippen LogP contribution is -2.39. The fourth-order valence-corrected chi connectivity index (χ4v) is 2.86. The Morgan fingerprint density at radius 2 is 1.93 bits per heavy atom. The predicted molar refractivity (Wildman–Crippen MR) is 60.6 cm³/mol. The third kappa shape index (κ3) is 2.06. The van der Waals surface area contributed by atoms with E-state index >= 15 is 0 Å². The van der Waals surface area contributed by atoms with Gasteiger partial charge in [0.05, 0.1) is 0 Å². The van der Waals surface area contributed by atoms with Crippen LogP contribution in [0.25, 0.3) is 0 Å². The number of hydrogen-bond acceptors (Lipinski definition) is 1. The summed E-state index contributed by atoms with van der Waals surface area (Å²) in [6.07, 6.45) is 6.29. The summed E-state index contributed by atoms with van der Waals surface area (Å²) >= 11 is 0. The fraction of sp³-hybridized carbons (Fsp3) is 0.800. The molecule has 2 fully saturated rings. The van der Waals surface area contributed by atoms with Crippen molar-refractivity contribution < 1.29 is 0 Å². The topological polar surface area (TPSA) is 91.5 Å². The molecule has 1 saturated heterocycles. The Morgan fingerprint density at radius 1 is 1.20 bits per heavy atom. The van der Waals surface area contributed by atoms with E-state index in [1.54, 1.807) is 0 Å². The number of nitrogens with two attached hydrogens (primary N) is 2. The van der Waals surface area contributed by atoms with Gasteiger partial charge in [0.2, 0.25) is 5.96 Å². The SMILES string of the molecule is N=C(N=C(N)N)N1CCC2CCCCC21. The standard InChI is InChI=1S/C10H19N5/c11-9(12)14-10(13)15-6-5-7-3-1-2-4-8(7)15/h7-8H,1-6H2,(H5,11,12,13,14). The van der Waals surface area contributed by atoms with E-state index in [1.807, 2.05) is 0 Å². The molecular weight excluding hydrogens is 190 g/mol. The summed E-state index contributed by atoms with van der Waals surface area (Å²) in [5.74, 6) is 0.983. The van der Waals surface area contributed by atoms with E-state index in [0.717, 1.165) is 12.5 Å². The highest BCUT2D eigenvalue weighted by Gasteiger charge is 2.36. The van der Waals surface area contributed by atoms with E-state index in [1.165, 1.54) is 32.1 Å². The molecule has 2 rings (SSSR count). The quantitative estimate of drug-likeness (QED) is 0.400. The van der Waals surface area contributed by atoms with Gasteiger partial charge in [-0.3, -0.25) is 5.41 Å². The summed E-state index contributed by atoms with van der Waals surface area (Å²) in [6.45, 7) is 0.935. The lowest BCUT2D eigenvalue weighted by Gasteiger charge is -2.31. The summed E-state index contributed by atoms with van der Waals surface area (Å²) in [6, 6.07) is 0.509. The normalized spacial score (nSPS) is 29.7. The molecule has 84 valence electrons. The van der Waals surface area contributed by atoms with Crippen LogP contribution in [0.3, 0.4) is 0 Å². The van der Waals surface area contributed by atoms with Crippen LogP contribution in [0, 0.1) is 11.3 Å². The van der Waals surface area contributed by atoms with Crippen LogP contribution in [0.4, 0.5) is 0 Å². The van der Waals surface area contributed by atoms with E-state index in [9.17, 15) is 0 Å². The van der Waals surface area contributed by atoms with Gasteiger partial charge in [-0.1, -0.05) is 12.8 Å². The number of hydrogen-bond donors (Lipinski definition) is 3. The third-order valence-electron chi connectivity index (χ3n) is 3.52. The lowest BCUT2D eigenvalue weighted by atomic mass is 9.85. The molecule has 5 nitrogen and oxygen atoms in total. The Bertz CT molecular complexity index is 282. The molecular formula is C10H19N5. The van der Waals surface area contributed by atoms with Gasteiger partial charge >= 0.3 is 0 Å². The molecule has 0 aromatic carbocycles. The van der Waals surface area contributed by atoms with Crippen LogP contribution < -0.4 is 11.5 Å². The monoisotopic (exact) mass is 209 g/mol. The molecule has 1 aliphatic heterocycles. The van der Waals surface area contributed by atoms with Gasteiger partial charge in [0, 0.05) is 12.6 Å². The first-order chi connectivity index (χ1) is 7.18. The predicted octanol–water partition coefficient (Wildman–Crippen LogP) is 0.459. The minimum atomic E-state index is -0.0146. The van der Waals surface area contributed by atoms with E-state index in [2.05, 4.69) is 9.89 Å². The van der Waals surface area contributed by atoms with Crippen molar-refractivity contribution in [1.29, 1.82) is 5.41 Å². The molecule has 1 aliphatic carbocycles. The zero-order valence-corrected chi connectivity index (χ0v) is 8.95. The van der Waals surface area contributed by atoms with Crippen molar-refractivity contribution in [2.24, 2.45) is 22.4 Å². The van der Waals surface area contributed by atoms with Gasteiger partial charge in [0.1, 0.15) is 0 Å². The summed E-state index contributed by atoms with van der Waals surface area (Å²) in [5.41, 5.74) is 10.6. The van der Waals surface area contributed by atoms with Gasteiger partial charge in [-0.2, -0.15) is 4.99 Å². The maximum atomic E-state index is 7.82. The first kappa shape index (κ1) is 10.3. The highest BCUT2D eigenvalue weighted by Crippen LogP contribution is 2.36. The van der Waals surface area contributed by atoms with Gasteiger partial charge in [0.25, 0.3) is 0 Å². The number of nitrogens with zero attached hydrogens (tertiary/aromatic N) is 2. The van der Waals surface area contributed by atoms with Gasteiger partial charge in [-0.15, -0.1) is 0 Å². The van der Waals surface area contributed by atoms with Crippen molar-refractivity contribution >= 4 is 11.9 Å². The summed E-state index contributed by atoms with van der Waals surface area (Å²) < 4.78 is 0. The lowest BCUT2D eigenvalue weighted by molar-refractivity contribution is 0.251. The smallest absolute Gasteiger partial charge is 0.221 e. The zero-order valence-electron chi connectivity index (χ0n) is 8.95. The van der Waals surface area contributed by atoms with Crippen molar-refractivity contribution in [3.8, 4) is 0 Å². The van der Waals surface area contributed by atoms with Crippen molar-refractivity contribution in [2.75, 3.05) is 6.54 Å². The second kappa shape index (κ2) is 4.08. The van der Waals surface area contributed by atoms with Gasteiger partial charge < -0.3 is 16.4 Å². The summed E-state index contributed by atoms with van der Waals surface area (Å²) in [4.78, 5) is 5.89. The molecule has 0 amide bonds. The Morgan fingerprint density at radius 3 is 2.67 bits per heavy atom. The molecule has 0 radical (unpaired) electrons. The molecule has 2 aliphatic rings. The Hall–Kier alpha value is -1.26. The maximum absolute atomic E-state index is 7.82. The number of guanidine groups is 2. The van der Waals surface area contributed by atoms with Crippen molar-refractivity contribution in [2.45, 2.75) is 38.1 Å². The molecule has 15 heavy (non-hydrogen) atoms. The second-order valence-electron chi connectivity index (χ2n) is 4.45. The molecule has 0 bridgehead atoms. The number of aliphatic imine (C=N–C) groups is 1. The molecule has 5 N–H and O–H groups in total. The van der Waals surface area contributed by atoms with Gasteiger partial charge in [-0.25, -0.2) is 0 Å². The Kier molecular flexibility index (Phi) is 2.79. The number of rotatable bonds is 0. The molecule has 2 unspecified atom stereocenters. The average molecular weight is 209 g/mol. The minimum absolute atomic E-state index is 0.0146. The van der Waals surface area contributed by atoms with E-state index in [0.29, 0.717) is 6.04 Å². The molecule has 1 heterocycles. The van der Waals surface area contributed by atoms with Crippen LogP contribution in [0.5, 0.6) is 0 Å². The number of nitrogens with one attached hydrogen (secondary N) is 1. The molecule has 2 atom stereocenters. The molecule has 0 spiro atoms. The highest BCUT2D eigenvalue weighted by molar-refractivity contribution is 5.92. The van der Waals surface area contributed by atoms with Crippen molar-refractivity contribution in [3.05, 3.63) is 0 Å². The first-order valence-electron chi connectivity index (χ1n) is 5.63. The van der Waals surface area contributed by atoms with Crippen LogP contribution in [0.2, 0.25) is 0 Å². The second-order valence-corrected chi connectivity index (χ2v) is 4.45. The Balaban J connectivity index is 2.04. The minimum Gasteiger partial charge on any atom is -0.370 e. The molecule has 0 aromatic rings. The van der Waals surface area contributed by atoms with Crippen molar-refractivity contribution in [1.82, 2.24) is 4.90 Å². The van der Waals surface area contributed by atoms with Crippen LogP contribution in [0.15, 0.2) is 4.99 Å². The van der Waals surface area contributed by atoms with Crippen LogP contribution >= 0.6 is 0 Å². The van der Waals surface area contributed by atoms with E-state index in [4.69, 9.17) is 16.9 Å². The third-order valence-corrected chi connectivity index (χ3v) is 3.52. The zero-order chi connectivity index (χ0) is 10.8. The average Bonchev–Trinajstić information content (AvgIpc) is 2.59. The van der Waals surface area contributed by atoms with E-state index < -0.39 is 0 Å².